The normalized spacial score (nSPS) is 10.4. The first-order valence-corrected chi connectivity index (χ1v) is 12.0. The molecule has 0 atom stereocenters. The monoisotopic (exact) mass is 478 g/mol. The Bertz CT molecular complexity index is 679. The van der Waals surface area contributed by atoms with Gasteiger partial charge >= 0.3 is 11.9 Å². The summed E-state index contributed by atoms with van der Waals surface area (Å²) in [5.74, 6) is 0.323. The minimum Gasteiger partial charge on any atom is -0.494 e. The van der Waals surface area contributed by atoms with Crippen LogP contribution in [0, 0.1) is 0 Å². The van der Waals surface area contributed by atoms with Gasteiger partial charge in [0.25, 0.3) is 0 Å². The zero-order valence-electron chi connectivity index (χ0n) is 20.5. The molecule has 1 aromatic rings. The van der Waals surface area contributed by atoms with Crippen LogP contribution in [0.4, 0.5) is 0 Å². The Kier molecular flexibility index (Phi) is 15.9. The van der Waals surface area contributed by atoms with Crippen LogP contribution < -0.4 is 9.47 Å². The van der Waals surface area contributed by atoms with E-state index >= 15 is 0 Å². The first-order valence-electron chi connectivity index (χ1n) is 12.0. The van der Waals surface area contributed by atoms with Gasteiger partial charge in [-0.25, -0.2) is 0 Å². The highest BCUT2D eigenvalue weighted by atomic mass is 16.5. The van der Waals surface area contributed by atoms with Gasteiger partial charge in [-0.1, -0.05) is 0 Å². The molecule has 190 valence electrons. The Morgan fingerprint density at radius 1 is 0.529 bits per heavy atom. The number of ketones is 2. The van der Waals surface area contributed by atoms with E-state index in [1.165, 1.54) is 13.8 Å². The average molecular weight is 479 g/mol. The third-order valence-electron chi connectivity index (χ3n) is 4.75. The topological polar surface area (TPSA) is 105 Å². The lowest BCUT2D eigenvalue weighted by Crippen LogP contribution is -2.09. The van der Waals surface area contributed by atoms with Gasteiger partial charge < -0.3 is 18.9 Å². The lowest BCUT2D eigenvalue weighted by molar-refractivity contribution is -0.147. The van der Waals surface area contributed by atoms with Crippen LogP contribution in [-0.4, -0.2) is 49.9 Å². The molecule has 0 saturated carbocycles. The first-order chi connectivity index (χ1) is 16.4. The Labute approximate surface area is 202 Å². The molecule has 0 radical (unpaired) electrons. The number of Topliss-reactive ketones (excluding diaryl/α,β-unsaturated/α-hetero) is 2. The average Bonchev–Trinajstić information content (AvgIpc) is 2.77. The van der Waals surface area contributed by atoms with Gasteiger partial charge in [-0.2, -0.15) is 0 Å². The summed E-state index contributed by atoms with van der Waals surface area (Å²) in [5.41, 5.74) is 0. The smallest absolute Gasteiger partial charge is 0.313 e. The molecule has 1 aromatic carbocycles. The van der Waals surface area contributed by atoms with Crippen molar-refractivity contribution < 1.29 is 38.1 Å². The molecule has 0 aliphatic carbocycles. The highest BCUT2D eigenvalue weighted by Gasteiger charge is 2.06. The molecule has 0 amide bonds. The summed E-state index contributed by atoms with van der Waals surface area (Å²) in [4.78, 5) is 44.1. The summed E-state index contributed by atoms with van der Waals surface area (Å²) in [7, 11) is 0. The molecule has 0 heterocycles. The van der Waals surface area contributed by atoms with Crippen LogP contribution in [0.2, 0.25) is 0 Å². The van der Waals surface area contributed by atoms with Crippen LogP contribution in [0.5, 0.6) is 11.5 Å². The van der Waals surface area contributed by atoms with E-state index in [-0.39, 0.29) is 24.4 Å². The third kappa shape index (κ3) is 16.7. The summed E-state index contributed by atoms with van der Waals surface area (Å²) >= 11 is 0. The van der Waals surface area contributed by atoms with E-state index in [0.29, 0.717) is 26.4 Å². The summed E-state index contributed by atoms with van der Waals surface area (Å²) in [5, 5.41) is 0. The van der Waals surface area contributed by atoms with Crippen LogP contribution in [-0.2, 0) is 28.7 Å². The third-order valence-corrected chi connectivity index (χ3v) is 4.75. The van der Waals surface area contributed by atoms with E-state index in [9.17, 15) is 19.2 Å². The van der Waals surface area contributed by atoms with Gasteiger partial charge in [-0.05, 0) is 89.5 Å². The van der Waals surface area contributed by atoms with Gasteiger partial charge in [-0.15, -0.1) is 0 Å². The lowest BCUT2D eigenvalue weighted by atomic mass is 10.2. The van der Waals surface area contributed by atoms with E-state index in [1.807, 2.05) is 24.3 Å². The van der Waals surface area contributed by atoms with Crippen molar-refractivity contribution in [2.45, 2.75) is 78.1 Å². The fourth-order valence-electron chi connectivity index (χ4n) is 3.01. The van der Waals surface area contributed by atoms with E-state index < -0.39 is 11.9 Å². The number of hydrogen-bond acceptors (Lipinski definition) is 8. The summed E-state index contributed by atoms with van der Waals surface area (Å²) in [6.45, 7) is 4.69. The molecular formula is C26H38O8. The highest BCUT2D eigenvalue weighted by Crippen LogP contribution is 2.18. The molecular weight excluding hydrogens is 440 g/mol. The molecule has 34 heavy (non-hydrogen) atoms. The fourth-order valence-corrected chi connectivity index (χ4v) is 3.01. The van der Waals surface area contributed by atoms with E-state index in [0.717, 1.165) is 62.9 Å². The number of benzene rings is 1. The van der Waals surface area contributed by atoms with Crippen molar-refractivity contribution in [3.63, 3.8) is 0 Å². The quantitative estimate of drug-likeness (QED) is 0.152. The van der Waals surface area contributed by atoms with Crippen LogP contribution in [0.15, 0.2) is 24.3 Å². The standard InChI is InChI=1S/C26H38O8/c1-21(27)19-25(29)33-17-9-5-3-7-15-31-23-11-13-24(14-12-23)32-16-8-4-6-10-18-34-26(30)20-22(2)28/h11-14H,3-10,15-20H2,1-2H3. The second kappa shape index (κ2) is 18.5. The Balaban J connectivity index is 1.97. The van der Waals surface area contributed by atoms with Crippen molar-refractivity contribution in [3.05, 3.63) is 24.3 Å². The van der Waals surface area contributed by atoms with E-state index in [1.54, 1.807) is 0 Å². The lowest BCUT2D eigenvalue weighted by Gasteiger charge is -2.09. The molecule has 0 aromatic heterocycles. The van der Waals surface area contributed by atoms with Gasteiger partial charge in [0.1, 0.15) is 35.9 Å². The predicted molar refractivity (Wildman–Crippen MR) is 127 cm³/mol. The van der Waals surface area contributed by atoms with Gasteiger partial charge in [-0.3, -0.25) is 19.2 Å². The fraction of sp³-hybridized carbons (Fsp3) is 0.615. The van der Waals surface area contributed by atoms with Crippen LogP contribution in [0.25, 0.3) is 0 Å². The van der Waals surface area contributed by atoms with Crippen LogP contribution in [0.3, 0.4) is 0 Å². The summed E-state index contributed by atoms with van der Waals surface area (Å²) < 4.78 is 21.4. The highest BCUT2D eigenvalue weighted by molar-refractivity contribution is 5.94. The van der Waals surface area contributed by atoms with Crippen LogP contribution >= 0.6 is 0 Å². The number of carbonyl (C=O) groups is 4. The second-order valence-corrected chi connectivity index (χ2v) is 8.20. The van der Waals surface area contributed by atoms with E-state index in [4.69, 9.17) is 18.9 Å². The minimum absolute atomic E-state index is 0.150. The Morgan fingerprint density at radius 2 is 0.853 bits per heavy atom. The van der Waals surface area contributed by atoms with Crippen molar-refractivity contribution in [2.24, 2.45) is 0 Å². The van der Waals surface area contributed by atoms with Gasteiger partial charge in [0.15, 0.2) is 0 Å². The van der Waals surface area contributed by atoms with Crippen molar-refractivity contribution in [1.82, 2.24) is 0 Å². The van der Waals surface area contributed by atoms with Crippen molar-refractivity contribution in [1.29, 1.82) is 0 Å². The molecule has 8 heteroatoms. The van der Waals surface area contributed by atoms with Crippen molar-refractivity contribution in [2.75, 3.05) is 26.4 Å². The van der Waals surface area contributed by atoms with Crippen molar-refractivity contribution >= 4 is 23.5 Å². The summed E-state index contributed by atoms with van der Waals surface area (Å²) in [6.07, 6.45) is 6.92. The number of esters is 2. The molecule has 8 nitrogen and oxygen atoms in total. The molecule has 0 unspecified atom stereocenters. The molecule has 0 N–H and O–H groups in total. The Morgan fingerprint density at radius 3 is 1.18 bits per heavy atom. The predicted octanol–water partition coefficient (Wildman–Crippen LogP) is 4.61. The van der Waals surface area contributed by atoms with Gasteiger partial charge in [0.05, 0.1) is 26.4 Å². The maximum Gasteiger partial charge on any atom is 0.313 e. The molecule has 0 bridgehead atoms. The maximum absolute atomic E-state index is 11.2. The number of rotatable bonds is 20. The number of hydrogen-bond donors (Lipinski definition) is 0. The maximum atomic E-state index is 11.2. The number of unbranched alkanes of at least 4 members (excludes halogenated alkanes) is 6. The molecule has 0 spiro atoms. The molecule has 0 aliphatic heterocycles. The second-order valence-electron chi connectivity index (χ2n) is 8.20. The van der Waals surface area contributed by atoms with Crippen LogP contribution in [0.1, 0.15) is 78.1 Å². The van der Waals surface area contributed by atoms with Gasteiger partial charge in [0, 0.05) is 0 Å². The number of ether oxygens (including phenoxy) is 4. The zero-order chi connectivity index (χ0) is 25.0. The zero-order valence-corrected chi connectivity index (χ0v) is 20.5. The molecule has 0 aliphatic rings. The molecule has 0 saturated heterocycles. The molecule has 0 fully saturated rings. The Hall–Kier alpha value is -2.90. The number of carbonyl (C=O) groups excluding carboxylic acids is 4. The molecule has 1 rings (SSSR count). The SMILES string of the molecule is CC(=O)CC(=O)OCCCCCCOc1ccc(OCCCCCCOC(=O)CC(C)=O)cc1. The minimum atomic E-state index is -0.453. The largest absolute Gasteiger partial charge is 0.494 e. The van der Waals surface area contributed by atoms with Gasteiger partial charge in [0.2, 0.25) is 0 Å². The van der Waals surface area contributed by atoms with E-state index in [2.05, 4.69) is 0 Å². The van der Waals surface area contributed by atoms with Crippen molar-refractivity contribution in [3.8, 4) is 11.5 Å². The summed E-state index contributed by atoms with van der Waals surface area (Å²) in [6, 6.07) is 7.55. The first kappa shape index (κ1) is 29.1.